The highest BCUT2D eigenvalue weighted by molar-refractivity contribution is 5.87. The predicted molar refractivity (Wildman–Crippen MR) is 78.2 cm³/mol. The number of likely N-dealkylation sites (tertiary alicyclic amines) is 1. The fourth-order valence-corrected chi connectivity index (χ4v) is 3.09. The summed E-state index contributed by atoms with van der Waals surface area (Å²) >= 11 is 0. The Morgan fingerprint density at radius 3 is 2.55 bits per heavy atom. The number of amides is 2. The number of rotatable bonds is 5. The van der Waals surface area contributed by atoms with E-state index in [-0.39, 0.29) is 17.9 Å². The van der Waals surface area contributed by atoms with Crippen LogP contribution in [0.3, 0.4) is 0 Å². The molecule has 0 spiro atoms. The monoisotopic (exact) mass is 281 g/mol. The molecule has 1 unspecified atom stereocenters. The number of carbonyl (C=O) groups is 2. The number of hydrogen-bond acceptors (Lipinski definition) is 3. The quantitative estimate of drug-likeness (QED) is 0.787. The van der Waals surface area contributed by atoms with Crippen LogP contribution in [-0.2, 0) is 9.59 Å². The smallest absolute Gasteiger partial charge is 0.244 e. The molecule has 114 valence electrons. The van der Waals surface area contributed by atoms with Crippen LogP contribution in [0.1, 0.15) is 45.4 Å². The average Bonchev–Trinajstić information content (AvgIpc) is 2.99. The van der Waals surface area contributed by atoms with Crippen molar-refractivity contribution < 1.29 is 9.59 Å². The van der Waals surface area contributed by atoms with E-state index in [9.17, 15) is 9.59 Å². The second kappa shape index (κ2) is 7.62. The van der Waals surface area contributed by atoms with E-state index in [0.717, 1.165) is 58.3 Å². The zero-order chi connectivity index (χ0) is 14.4. The van der Waals surface area contributed by atoms with Crippen molar-refractivity contribution in [1.29, 1.82) is 0 Å². The first kappa shape index (κ1) is 15.3. The molecule has 0 aromatic heterocycles. The lowest BCUT2D eigenvalue weighted by molar-refractivity contribution is -0.135. The zero-order valence-corrected chi connectivity index (χ0v) is 12.5. The van der Waals surface area contributed by atoms with Gasteiger partial charge in [-0.15, -0.1) is 0 Å². The summed E-state index contributed by atoms with van der Waals surface area (Å²) in [4.78, 5) is 25.9. The minimum absolute atomic E-state index is 0.0172. The summed E-state index contributed by atoms with van der Waals surface area (Å²) in [6, 6.07) is -0.381. The van der Waals surface area contributed by atoms with Gasteiger partial charge in [-0.25, -0.2) is 0 Å². The van der Waals surface area contributed by atoms with Crippen molar-refractivity contribution in [2.24, 2.45) is 5.92 Å². The molecular weight excluding hydrogens is 254 g/mol. The van der Waals surface area contributed by atoms with Crippen LogP contribution in [-0.4, -0.2) is 48.9 Å². The van der Waals surface area contributed by atoms with E-state index in [2.05, 4.69) is 10.6 Å². The Bertz CT molecular complexity index is 334. The Labute approximate surface area is 121 Å². The second-order valence-corrected chi connectivity index (χ2v) is 6.05. The molecule has 2 N–H and O–H groups in total. The molecule has 5 heteroatoms. The largest absolute Gasteiger partial charge is 0.345 e. The van der Waals surface area contributed by atoms with Gasteiger partial charge in [-0.3, -0.25) is 9.59 Å². The standard InChI is InChI=1S/C15H27N3O2/c1-12(15(20)18-10-2-3-11-18)17-14(19)5-4-13-6-8-16-9-7-13/h12-13,16H,2-11H2,1H3,(H,17,19). The summed E-state index contributed by atoms with van der Waals surface area (Å²) in [6.07, 6.45) is 5.98. The Kier molecular flexibility index (Phi) is 5.83. The first-order valence-electron chi connectivity index (χ1n) is 7.95. The van der Waals surface area contributed by atoms with Crippen LogP contribution in [0.5, 0.6) is 0 Å². The van der Waals surface area contributed by atoms with E-state index in [1.807, 2.05) is 4.90 Å². The van der Waals surface area contributed by atoms with Crippen LogP contribution in [0.15, 0.2) is 0 Å². The lowest BCUT2D eigenvalue weighted by atomic mass is 9.93. The van der Waals surface area contributed by atoms with Gasteiger partial charge in [0.1, 0.15) is 6.04 Å². The number of carbonyl (C=O) groups excluding carboxylic acids is 2. The SMILES string of the molecule is CC(NC(=O)CCC1CCNCC1)C(=O)N1CCCC1. The molecule has 0 saturated carbocycles. The van der Waals surface area contributed by atoms with Crippen molar-refractivity contribution in [1.82, 2.24) is 15.5 Å². The van der Waals surface area contributed by atoms with Crippen molar-refractivity contribution in [2.75, 3.05) is 26.2 Å². The third kappa shape index (κ3) is 4.47. The van der Waals surface area contributed by atoms with Gasteiger partial charge in [0, 0.05) is 19.5 Å². The molecule has 0 radical (unpaired) electrons. The molecule has 2 rings (SSSR count). The van der Waals surface area contributed by atoms with Gasteiger partial charge >= 0.3 is 0 Å². The van der Waals surface area contributed by atoms with Crippen LogP contribution in [0.4, 0.5) is 0 Å². The van der Waals surface area contributed by atoms with Crippen molar-refractivity contribution in [3.05, 3.63) is 0 Å². The molecule has 5 nitrogen and oxygen atoms in total. The van der Waals surface area contributed by atoms with Crippen molar-refractivity contribution >= 4 is 11.8 Å². The van der Waals surface area contributed by atoms with E-state index >= 15 is 0 Å². The minimum atomic E-state index is -0.381. The summed E-state index contributed by atoms with van der Waals surface area (Å²) in [6.45, 7) is 5.61. The molecule has 2 heterocycles. The predicted octanol–water partition coefficient (Wildman–Crippen LogP) is 0.893. The fourth-order valence-electron chi connectivity index (χ4n) is 3.09. The minimum Gasteiger partial charge on any atom is -0.345 e. The highest BCUT2D eigenvalue weighted by Gasteiger charge is 2.24. The summed E-state index contributed by atoms with van der Waals surface area (Å²) < 4.78 is 0. The molecule has 0 aromatic carbocycles. The number of nitrogens with zero attached hydrogens (tertiary/aromatic N) is 1. The van der Waals surface area contributed by atoms with Gasteiger partial charge in [0.05, 0.1) is 0 Å². The van der Waals surface area contributed by atoms with Gasteiger partial charge < -0.3 is 15.5 Å². The third-order valence-corrected chi connectivity index (χ3v) is 4.40. The van der Waals surface area contributed by atoms with Crippen molar-refractivity contribution in [3.8, 4) is 0 Å². The summed E-state index contributed by atoms with van der Waals surface area (Å²) in [5, 5.41) is 6.18. The topological polar surface area (TPSA) is 61.4 Å². The molecule has 2 aliphatic heterocycles. The second-order valence-electron chi connectivity index (χ2n) is 6.05. The third-order valence-electron chi connectivity index (χ3n) is 4.40. The molecule has 2 amide bonds. The lowest BCUT2D eigenvalue weighted by Gasteiger charge is -2.23. The van der Waals surface area contributed by atoms with Gasteiger partial charge in [0.15, 0.2) is 0 Å². The summed E-state index contributed by atoms with van der Waals surface area (Å²) in [5.74, 6) is 0.743. The van der Waals surface area contributed by atoms with Crippen molar-refractivity contribution in [2.45, 2.75) is 51.5 Å². The van der Waals surface area contributed by atoms with Gasteiger partial charge in [-0.05, 0) is 58.0 Å². The molecule has 2 fully saturated rings. The molecule has 1 atom stereocenters. The average molecular weight is 281 g/mol. The number of nitrogens with one attached hydrogen (secondary N) is 2. The first-order chi connectivity index (χ1) is 9.66. The Morgan fingerprint density at radius 2 is 1.90 bits per heavy atom. The highest BCUT2D eigenvalue weighted by Crippen LogP contribution is 2.17. The maximum absolute atomic E-state index is 12.1. The Balaban J connectivity index is 1.66. The molecule has 0 aromatic rings. The number of piperidine rings is 1. The van der Waals surface area contributed by atoms with Gasteiger partial charge in [0.2, 0.25) is 11.8 Å². The molecule has 0 aliphatic carbocycles. The van der Waals surface area contributed by atoms with Gasteiger partial charge in [0.25, 0.3) is 0 Å². The molecule has 2 aliphatic rings. The van der Waals surface area contributed by atoms with E-state index in [1.54, 1.807) is 6.92 Å². The zero-order valence-electron chi connectivity index (χ0n) is 12.5. The van der Waals surface area contributed by atoms with E-state index in [1.165, 1.54) is 0 Å². The Morgan fingerprint density at radius 1 is 1.25 bits per heavy atom. The van der Waals surface area contributed by atoms with Gasteiger partial charge in [-0.2, -0.15) is 0 Å². The normalized spacial score (nSPS) is 21.8. The highest BCUT2D eigenvalue weighted by atomic mass is 16.2. The van der Waals surface area contributed by atoms with Crippen LogP contribution < -0.4 is 10.6 Å². The fraction of sp³-hybridized carbons (Fsp3) is 0.867. The summed E-state index contributed by atoms with van der Waals surface area (Å²) in [7, 11) is 0. The molecular formula is C15H27N3O2. The number of hydrogen-bond donors (Lipinski definition) is 2. The van der Waals surface area contributed by atoms with Crippen LogP contribution in [0.25, 0.3) is 0 Å². The Hall–Kier alpha value is -1.10. The van der Waals surface area contributed by atoms with E-state index in [4.69, 9.17) is 0 Å². The maximum Gasteiger partial charge on any atom is 0.244 e. The molecule has 20 heavy (non-hydrogen) atoms. The van der Waals surface area contributed by atoms with Crippen LogP contribution in [0, 0.1) is 5.92 Å². The molecule has 0 bridgehead atoms. The van der Waals surface area contributed by atoms with Gasteiger partial charge in [-0.1, -0.05) is 0 Å². The maximum atomic E-state index is 12.1. The lowest BCUT2D eigenvalue weighted by Crippen LogP contribution is -2.46. The van der Waals surface area contributed by atoms with Crippen LogP contribution in [0.2, 0.25) is 0 Å². The van der Waals surface area contributed by atoms with E-state index < -0.39 is 0 Å². The van der Waals surface area contributed by atoms with E-state index in [0.29, 0.717) is 12.3 Å². The van der Waals surface area contributed by atoms with Crippen molar-refractivity contribution in [3.63, 3.8) is 0 Å². The van der Waals surface area contributed by atoms with Crippen LogP contribution >= 0.6 is 0 Å². The molecule has 2 saturated heterocycles. The first-order valence-corrected chi connectivity index (χ1v) is 7.95. The summed E-state index contributed by atoms with van der Waals surface area (Å²) in [5.41, 5.74) is 0.